The highest BCUT2D eigenvalue weighted by Crippen LogP contribution is 2.31. The summed E-state index contributed by atoms with van der Waals surface area (Å²) in [6.07, 6.45) is 0. The second kappa shape index (κ2) is 5.55. The van der Waals surface area contributed by atoms with E-state index in [0.717, 1.165) is 15.7 Å². The van der Waals surface area contributed by atoms with Crippen LogP contribution in [-0.2, 0) is 0 Å². The van der Waals surface area contributed by atoms with Crippen molar-refractivity contribution in [2.75, 3.05) is 7.11 Å². The molecule has 0 aliphatic heterocycles. The number of methoxy groups -OCH3 is 1. The number of aromatic amines is 1. The number of nitrogens with one attached hydrogen (secondary N) is 1. The molecule has 3 nitrogen and oxygen atoms in total. The lowest BCUT2D eigenvalue weighted by atomic mass is 10.2. The molecule has 3 rings (SSSR count). The van der Waals surface area contributed by atoms with E-state index in [1.165, 1.54) is 6.07 Å². The summed E-state index contributed by atoms with van der Waals surface area (Å²) in [6, 6.07) is 8.68. The second-order valence-corrected chi connectivity index (χ2v) is 6.52. The van der Waals surface area contributed by atoms with E-state index in [9.17, 15) is 4.39 Å². The van der Waals surface area contributed by atoms with Crippen molar-refractivity contribution in [3.63, 3.8) is 0 Å². The number of fused-ring (bicyclic) bond motifs is 1. The third kappa shape index (κ3) is 2.54. The van der Waals surface area contributed by atoms with Crippen molar-refractivity contribution < 1.29 is 9.13 Å². The van der Waals surface area contributed by atoms with Gasteiger partial charge >= 0.3 is 0 Å². The van der Waals surface area contributed by atoms with E-state index in [2.05, 4.69) is 36.8 Å². The molecule has 0 unspecified atom stereocenters. The summed E-state index contributed by atoms with van der Waals surface area (Å²) in [5, 5.41) is 0. The third-order valence-electron chi connectivity index (χ3n) is 3.11. The zero-order valence-corrected chi connectivity index (χ0v) is 14.8. The number of benzene rings is 2. The molecule has 1 aromatic heterocycles. The van der Waals surface area contributed by atoms with Gasteiger partial charge in [-0.2, -0.15) is 0 Å². The summed E-state index contributed by atoms with van der Waals surface area (Å²) in [4.78, 5) is 3.07. The van der Waals surface area contributed by atoms with E-state index >= 15 is 0 Å². The quantitative estimate of drug-likeness (QED) is 0.553. The fourth-order valence-corrected chi connectivity index (χ4v) is 3.18. The molecule has 0 aliphatic rings. The average Bonchev–Trinajstić information content (AvgIpc) is 2.74. The first-order valence-electron chi connectivity index (χ1n) is 5.95. The van der Waals surface area contributed by atoms with Crippen molar-refractivity contribution in [1.82, 2.24) is 9.55 Å². The number of ether oxygens (including phenoxy) is 1. The number of aromatic nitrogens is 2. The summed E-state index contributed by atoms with van der Waals surface area (Å²) in [5.74, 6) is 0.303. The normalized spacial score (nSPS) is 11.0. The van der Waals surface area contributed by atoms with Crippen LogP contribution in [0.2, 0.25) is 0 Å². The fourth-order valence-electron chi connectivity index (χ4n) is 2.18. The first-order valence-corrected chi connectivity index (χ1v) is 7.94. The van der Waals surface area contributed by atoms with Crippen LogP contribution < -0.4 is 4.74 Å². The van der Waals surface area contributed by atoms with Crippen molar-refractivity contribution in [2.45, 2.75) is 0 Å². The lowest BCUT2D eigenvalue weighted by Gasteiger charge is -2.11. The van der Waals surface area contributed by atoms with Crippen LogP contribution in [0.5, 0.6) is 5.75 Å². The number of rotatable bonds is 2. The molecule has 0 radical (unpaired) electrons. The van der Waals surface area contributed by atoms with E-state index in [1.807, 2.05) is 18.2 Å². The van der Waals surface area contributed by atoms with Gasteiger partial charge in [-0.25, -0.2) is 4.39 Å². The minimum Gasteiger partial charge on any atom is -0.495 e. The maximum Gasteiger partial charge on any atom is 0.182 e. The highest BCUT2D eigenvalue weighted by atomic mass is 79.9. The molecule has 0 aliphatic carbocycles. The molecule has 0 spiro atoms. The molecular weight excluding hydrogens is 423 g/mol. The Hall–Kier alpha value is -1.18. The molecule has 1 heterocycles. The predicted octanol–water partition coefficient (Wildman–Crippen LogP) is 5.36. The van der Waals surface area contributed by atoms with Crippen molar-refractivity contribution in [3.8, 4) is 11.4 Å². The van der Waals surface area contributed by atoms with Crippen molar-refractivity contribution >= 4 is 55.1 Å². The smallest absolute Gasteiger partial charge is 0.182 e. The zero-order chi connectivity index (χ0) is 15.1. The SMILES string of the molecule is COc1ccc(Br)cc1-n1c(=S)[nH]c2cc(Br)c(F)cc21. The van der Waals surface area contributed by atoms with Gasteiger partial charge in [0.05, 0.1) is 28.3 Å². The van der Waals surface area contributed by atoms with Crippen LogP contribution in [0.1, 0.15) is 0 Å². The minimum atomic E-state index is -0.348. The van der Waals surface area contributed by atoms with Gasteiger partial charge in [0.15, 0.2) is 4.77 Å². The first kappa shape index (κ1) is 14.7. The lowest BCUT2D eigenvalue weighted by Crippen LogP contribution is -1.98. The molecule has 0 saturated carbocycles. The average molecular weight is 432 g/mol. The van der Waals surface area contributed by atoms with Crippen LogP contribution in [0.4, 0.5) is 4.39 Å². The van der Waals surface area contributed by atoms with Gasteiger partial charge in [-0.1, -0.05) is 15.9 Å². The van der Waals surface area contributed by atoms with Crippen LogP contribution in [-0.4, -0.2) is 16.7 Å². The third-order valence-corrected chi connectivity index (χ3v) is 4.49. The highest BCUT2D eigenvalue weighted by molar-refractivity contribution is 9.10. The summed E-state index contributed by atoms with van der Waals surface area (Å²) in [5.41, 5.74) is 2.14. The van der Waals surface area contributed by atoms with Crippen LogP contribution in [0.15, 0.2) is 39.3 Å². The Morgan fingerprint density at radius 2 is 2.00 bits per heavy atom. The van der Waals surface area contributed by atoms with E-state index in [0.29, 0.717) is 20.5 Å². The van der Waals surface area contributed by atoms with Crippen LogP contribution in [0.25, 0.3) is 16.7 Å². The predicted molar refractivity (Wildman–Crippen MR) is 90.4 cm³/mol. The number of hydrogen-bond donors (Lipinski definition) is 1. The van der Waals surface area contributed by atoms with Gasteiger partial charge in [0, 0.05) is 10.5 Å². The van der Waals surface area contributed by atoms with Gasteiger partial charge in [0.1, 0.15) is 11.6 Å². The number of halogens is 3. The molecular formula is C14H9Br2FN2OS. The Morgan fingerprint density at radius 3 is 2.71 bits per heavy atom. The minimum absolute atomic E-state index is 0.348. The fraction of sp³-hybridized carbons (Fsp3) is 0.0714. The van der Waals surface area contributed by atoms with Gasteiger partial charge < -0.3 is 9.72 Å². The molecule has 0 atom stereocenters. The molecule has 0 bridgehead atoms. The Morgan fingerprint density at radius 1 is 1.24 bits per heavy atom. The van der Waals surface area contributed by atoms with Gasteiger partial charge in [-0.3, -0.25) is 4.57 Å². The molecule has 0 amide bonds. The molecule has 0 saturated heterocycles. The van der Waals surface area contributed by atoms with Crippen molar-refractivity contribution in [3.05, 3.63) is 49.9 Å². The maximum atomic E-state index is 13.9. The summed E-state index contributed by atoms with van der Waals surface area (Å²) in [7, 11) is 1.59. The van der Waals surface area contributed by atoms with Gasteiger partial charge in [0.2, 0.25) is 0 Å². The molecule has 0 fully saturated rings. The van der Waals surface area contributed by atoms with E-state index < -0.39 is 0 Å². The van der Waals surface area contributed by atoms with Gasteiger partial charge in [0.25, 0.3) is 0 Å². The molecule has 7 heteroatoms. The summed E-state index contributed by atoms with van der Waals surface area (Å²) < 4.78 is 22.7. The maximum absolute atomic E-state index is 13.9. The monoisotopic (exact) mass is 430 g/mol. The topological polar surface area (TPSA) is 29.9 Å². The molecule has 1 N–H and O–H groups in total. The number of hydrogen-bond acceptors (Lipinski definition) is 2. The Balaban J connectivity index is 2.40. The Bertz CT molecular complexity index is 904. The largest absolute Gasteiger partial charge is 0.495 e. The summed E-state index contributed by atoms with van der Waals surface area (Å²) >= 11 is 12.0. The molecule has 3 aromatic rings. The molecule has 2 aromatic carbocycles. The van der Waals surface area contributed by atoms with Crippen molar-refractivity contribution in [2.24, 2.45) is 0 Å². The first-order chi connectivity index (χ1) is 10.0. The number of nitrogens with zero attached hydrogens (tertiary/aromatic N) is 1. The zero-order valence-electron chi connectivity index (χ0n) is 10.8. The van der Waals surface area contributed by atoms with Gasteiger partial charge in [-0.05, 0) is 52.4 Å². The molecule has 108 valence electrons. The number of H-pyrrole nitrogens is 1. The van der Waals surface area contributed by atoms with Crippen LogP contribution in [0.3, 0.4) is 0 Å². The van der Waals surface area contributed by atoms with E-state index in [4.69, 9.17) is 17.0 Å². The highest BCUT2D eigenvalue weighted by Gasteiger charge is 2.14. The molecule has 21 heavy (non-hydrogen) atoms. The standard InChI is InChI=1S/C14H9Br2FN2OS/c1-20-13-3-2-7(15)4-12(13)19-11-6-9(17)8(16)5-10(11)18-14(19)21/h2-6H,1H3,(H,18,21). The second-order valence-electron chi connectivity index (χ2n) is 4.37. The van der Waals surface area contributed by atoms with E-state index in [-0.39, 0.29) is 5.82 Å². The number of imidazole rings is 1. The summed E-state index contributed by atoms with van der Waals surface area (Å²) in [6.45, 7) is 0. The van der Waals surface area contributed by atoms with Crippen LogP contribution >= 0.6 is 44.1 Å². The lowest BCUT2D eigenvalue weighted by molar-refractivity contribution is 0.413. The van der Waals surface area contributed by atoms with Crippen molar-refractivity contribution in [1.29, 1.82) is 0 Å². The van der Waals surface area contributed by atoms with Gasteiger partial charge in [-0.15, -0.1) is 0 Å². The Kier molecular flexibility index (Phi) is 3.90. The Labute approximate surface area is 142 Å². The van der Waals surface area contributed by atoms with Crippen LogP contribution in [0, 0.1) is 10.6 Å². The van der Waals surface area contributed by atoms with E-state index in [1.54, 1.807) is 17.7 Å².